The molecule has 0 aromatic heterocycles. The van der Waals surface area contributed by atoms with Crippen molar-refractivity contribution in [3.63, 3.8) is 0 Å². The molecule has 1 aromatic rings. The van der Waals surface area contributed by atoms with Crippen LogP contribution in [0, 0.1) is 0 Å². The maximum atomic E-state index is 11.7. The molecular formula is C15H18O3. The molecule has 0 N–H and O–H groups in total. The third-order valence-corrected chi connectivity index (χ3v) is 3.45. The zero-order valence-corrected chi connectivity index (χ0v) is 11.0. The Morgan fingerprint density at radius 1 is 1.39 bits per heavy atom. The molecular weight excluding hydrogens is 228 g/mol. The molecule has 2 atom stereocenters. The van der Waals surface area contributed by atoms with Crippen LogP contribution in [0.1, 0.15) is 32.8 Å². The van der Waals surface area contributed by atoms with E-state index >= 15 is 0 Å². The average Bonchev–Trinajstić information content (AvgIpc) is 2.97. The van der Waals surface area contributed by atoms with E-state index in [4.69, 9.17) is 9.47 Å². The second-order valence-corrected chi connectivity index (χ2v) is 4.78. The van der Waals surface area contributed by atoms with E-state index in [0.29, 0.717) is 12.0 Å². The Balaban J connectivity index is 2.24. The van der Waals surface area contributed by atoms with Crippen molar-refractivity contribution < 1.29 is 14.3 Å². The molecule has 3 nitrogen and oxygen atoms in total. The van der Waals surface area contributed by atoms with Crippen LogP contribution < -0.4 is 0 Å². The fourth-order valence-electron chi connectivity index (χ4n) is 2.18. The third kappa shape index (κ3) is 1.85. The predicted molar refractivity (Wildman–Crippen MR) is 68.8 cm³/mol. The van der Waals surface area contributed by atoms with Crippen molar-refractivity contribution in [3.05, 3.63) is 48.0 Å². The van der Waals surface area contributed by atoms with Crippen LogP contribution >= 0.6 is 0 Å². The zero-order chi connectivity index (χ0) is 13.4. The van der Waals surface area contributed by atoms with Crippen molar-refractivity contribution in [2.24, 2.45) is 0 Å². The van der Waals surface area contributed by atoms with Gasteiger partial charge in [0.2, 0.25) is 5.79 Å². The van der Waals surface area contributed by atoms with Crippen molar-refractivity contribution >= 4 is 5.97 Å². The van der Waals surface area contributed by atoms with Crippen LogP contribution in [0.25, 0.3) is 0 Å². The lowest BCUT2D eigenvalue weighted by molar-refractivity contribution is -0.154. The van der Waals surface area contributed by atoms with Crippen LogP contribution in [0.4, 0.5) is 0 Å². The lowest BCUT2D eigenvalue weighted by atomic mass is 9.93. The Morgan fingerprint density at radius 3 is 2.50 bits per heavy atom. The van der Waals surface area contributed by atoms with E-state index in [1.807, 2.05) is 44.2 Å². The quantitative estimate of drug-likeness (QED) is 0.465. The highest BCUT2D eigenvalue weighted by molar-refractivity contribution is 5.87. The molecule has 1 saturated heterocycles. The maximum absolute atomic E-state index is 11.7. The van der Waals surface area contributed by atoms with Gasteiger partial charge in [0, 0.05) is 12.0 Å². The van der Waals surface area contributed by atoms with Crippen LogP contribution in [-0.4, -0.2) is 11.8 Å². The molecule has 3 heteroatoms. The molecule has 1 aliphatic rings. The van der Waals surface area contributed by atoms with Gasteiger partial charge in [0.1, 0.15) is 0 Å². The molecule has 1 aromatic carbocycles. The first-order valence-electron chi connectivity index (χ1n) is 6.10. The van der Waals surface area contributed by atoms with Crippen molar-refractivity contribution in [2.45, 2.75) is 38.6 Å². The Kier molecular flexibility index (Phi) is 3.03. The molecule has 1 aliphatic heterocycles. The van der Waals surface area contributed by atoms with Crippen molar-refractivity contribution in [1.29, 1.82) is 0 Å². The van der Waals surface area contributed by atoms with Gasteiger partial charge >= 0.3 is 5.97 Å². The number of esters is 1. The summed E-state index contributed by atoms with van der Waals surface area (Å²) in [4.78, 5) is 11.7. The summed E-state index contributed by atoms with van der Waals surface area (Å²) in [5.74, 6) is -1.26. The summed E-state index contributed by atoms with van der Waals surface area (Å²) >= 11 is 0. The Morgan fingerprint density at radius 2 is 2.00 bits per heavy atom. The fourth-order valence-corrected chi connectivity index (χ4v) is 2.18. The number of carbonyl (C=O) groups is 1. The standard InChI is InChI=1S/C15H18O3/c1-5-15(17-13(16)11(2)3)14(4,18-15)12-9-7-6-8-10-12/h6-10H,2,5H2,1,3-4H3. The molecule has 96 valence electrons. The van der Waals surface area contributed by atoms with Crippen molar-refractivity contribution in [2.75, 3.05) is 0 Å². The zero-order valence-electron chi connectivity index (χ0n) is 11.0. The van der Waals surface area contributed by atoms with E-state index in [0.717, 1.165) is 5.56 Å². The molecule has 18 heavy (non-hydrogen) atoms. The summed E-state index contributed by atoms with van der Waals surface area (Å²) in [5.41, 5.74) is 0.837. The minimum absolute atomic E-state index is 0.383. The Labute approximate surface area is 107 Å². The first-order chi connectivity index (χ1) is 8.45. The second-order valence-electron chi connectivity index (χ2n) is 4.78. The van der Waals surface area contributed by atoms with Gasteiger partial charge in [-0.3, -0.25) is 0 Å². The average molecular weight is 246 g/mol. The first-order valence-corrected chi connectivity index (χ1v) is 6.10. The summed E-state index contributed by atoms with van der Waals surface area (Å²) in [6.45, 7) is 9.11. The number of ether oxygens (including phenoxy) is 2. The number of benzene rings is 1. The maximum Gasteiger partial charge on any atom is 0.335 e. The summed E-state index contributed by atoms with van der Waals surface area (Å²) in [6.07, 6.45) is 0.609. The lowest BCUT2D eigenvalue weighted by Gasteiger charge is -2.16. The third-order valence-electron chi connectivity index (χ3n) is 3.45. The predicted octanol–water partition coefficient (Wildman–Crippen LogP) is 3.16. The smallest absolute Gasteiger partial charge is 0.335 e. The SMILES string of the molecule is C=C(C)C(=O)OC1(CC)OC1(C)c1ccccc1. The molecule has 1 heterocycles. The van der Waals surface area contributed by atoms with Gasteiger partial charge in [0.15, 0.2) is 5.60 Å². The normalized spacial score (nSPS) is 29.7. The van der Waals surface area contributed by atoms with E-state index in [1.54, 1.807) is 6.92 Å². The van der Waals surface area contributed by atoms with E-state index < -0.39 is 17.4 Å². The highest BCUT2D eigenvalue weighted by Crippen LogP contribution is 2.58. The molecule has 2 rings (SSSR count). The van der Waals surface area contributed by atoms with Gasteiger partial charge in [-0.1, -0.05) is 43.8 Å². The second kappa shape index (κ2) is 4.25. The van der Waals surface area contributed by atoms with Crippen molar-refractivity contribution in [1.82, 2.24) is 0 Å². The highest BCUT2D eigenvalue weighted by atomic mass is 16.8. The van der Waals surface area contributed by atoms with E-state index in [1.165, 1.54) is 0 Å². The highest BCUT2D eigenvalue weighted by Gasteiger charge is 2.70. The summed E-state index contributed by atoms with van der Waals surface area (Å²) in [7, 11) is 0. The fraction of sp³-hybridized carbons (Fsp3) is 0.400. The molecule has 0 aliphatic carbocycles. The number of epoxide rings is 1. The van der Waals surface area contributed by atoms with Crippen molar-refractivity contribution in [3.8, 4) is 0 Å². The Bertz CT molecular complexity index is 480. The van der Waals surface area contributed by atoms with Gasteiger partial charge < -0.3 is 9.47 Å². The molecule has 0 radical (unpaired) electrons. The van der Waals surface area contributed by atoms with Gasteiger partial charge in [-0.05, 0) is 19.4 Å². The largest absolute Gasteiger partial charge is 0.426 e. The van der Waals surface area contributed by atoms with Crippen LogP contribution in [0.15, 0.2) is 42.5 Å². The first kappa shape index (κ1) is 12.8. The van der Waals surface area contributed by atoms with Crippen LogP contribution in [-0.2, 0) is 19.9 Å². The van der Waals surface area contributed by atoms with Crippen LogP contribution in [0.3, 0.4) is 0 Å². The topological polar surface area (TPSA) is 38.8 Å². The lowest BCUT2D eigenvalue weighted by Crippen LogP contribution is -2.28. The van der Waals surface area contributed by atoms with Gasteiger partial charge in [-0.25, -0.2) is 4.79 Å². The van der Waals surface area contributed by atoms with Gasteiger partial charge in [-0.15, -0.1) is 0 Å². The molecule has 0 saturated carbocycles. The molecule has 1 fully saturated rings. The van der Waals surface area contributed by atoms with Gasteiger partial charge in [-0.2, -0.15) is 0 Å². The molecule has 0 amide bonds. The van der Waals surface area contributed by atoms with E-state index in [2.05, 4.69) is 6.58 Å². The summed E-state index contributed by atoms with van der Waals surface area (Å²) < 4.78 is 11.2. The summed E-state index contributed by atoms with van der Waals surface area (Å²) in [6, 6.07) is 9.80. The van der Waals surface area contributed by atoms with E-state index in [-0.39, 0.29) is 0 Å². The van der Waals surface area contributed by atoms with E-state index in [9.17, 15) is 4.79 Å². The Hall–Kier alpha value is -1.61. The minimum atomic E-state index is -0.857. The number of rotatable bonds is 4. The number of carbonyl (C=O) groups excluding carboxylic acids is 1. The van der Waals surface area contributed by atoms with Gasteiger partial charge in [0.05, 0.1) is 0 Å². The molecule has 0 spiro atoms. The van der Waals surface area contributed by atoms with Gasteiger partial charge in [0.25, 0.3) is 0 Å². The van der Waals surface area contributed by atoms with Crippen LogP contribution in [0.2, 0.25) is 0 Å². The summed E-state index contributed by atoms with van der Waals surface area (Å²) in [5, 5.41) is 0. The number of hydrogen-bond acceptors (Lipinski definition) is 3. The minimum Gasteiger partial charge on any atom is -0.426 e. The number of hydrogen-bond donors (Lipinski definition) is 0. The van der Waals surface area contributed by atoms with Crippen LogP contribution in [0.5, 0.6) is 0 Å². The monoisotopic (exact) mass is 246 g/mol. The molecule has 0 bridgehead atoms. The molecule has 2 unspecified atom stereocenters.